The fraction of sp³-hybridized carbons (Fsp3) is 0.250. The molecule has 4 nitrogen and oxygen atoms in total. The molecule has 0 fully saturated rings. The third-order valence-electron chi connectivity index (χ3n) is 3.29. The van der Waals surface area contributed by atoms with Gasteiger partial charge in [0, 0.05) is 6.54 Å². The quantitative estimate of drug-likeness (QED) is 0.818. The van der Waals surface area contributed by atoms with Crippen molar-refractivity contribution in [3.8, 4) is 0 Å². The Bertz CT molecular complexity index is 626. The van der Waals surface area contributed by atoms with E-state index in [-0.39, 0.29) is 24.7 Å². The molecule has 1 aromatic carbocycles. The second-order valence-electron chi connectivity index (χ2n) is 5.04. The summed E-state index contributed by atoms with van der Waals surface area (Å²) in [5.74, 6) is -1.48. The van der Waals surface area contributed by atoms with E-state index in [1.165, 1.54) is 23.5 Å². The molecule has 2 amide bonds. The van der Waals surface area contributed by atoms with Gasteiger partial charge in [-0.1, -0.05) is 12.1 Å². The first-order valence-corrected chi connectivity index (χ1v) is 7.80. The average Bonchev–Trinajstić information content (AvgIpc) is 2.98. The molecule has 2 rings (SSSR count). The van der Waals surface area contributed by atoms with Gasteiger partial charge in [0.25, 0.3) is 0 Å². The lowest BCUT2D eigenvalue weighted by Crippen LogP contribution is -2.37. The van der Waals surface area contributed by atoms with Gasteiger partial charge in [-0.3, -0.25) is 9.59 Å². The third-order valence-corrected chi connectivity index (χ3v) is 4.02. The number of halogens is 1. The van der Waals surface area contributed by atoms with Crippen LogP contribution in [0.5, 0.6) is 0 Å². The van der Waals surface area contributed by atoms with Crippen molar-refractivity contribution in [2.75, 3.05) is 6.54 Å². The summed E-state index contributed by atoms with van der Waals surface area (Å²) in [6, 6.07) is 7.77. The number of hydrogen-bond acceptors (Lipinski definition) is 3. The molecule has 0 bridgehead atoms. The molecule has 1 heterocycles. The fourth-order valence-corrected chi connectivity index (χ4v) is 2.73. The van der Waals surface area contributed by atoms with Crippen LogP contribution >= 0.6 is 11.3 Å². The summed E-state index contributed by atoms with van der Waals surface area (Å²) in [7, 11) is 0. The summed E-state index contributed by atoms with van der Waals surface area (Å²) in [6.45, 7) is 0.176. The number of rotatable bonds is 7. The molecular formula is C16H17FN2O2S. The Kier molecular flexibility index (Phi) is 5.66. The molecule has 3 N–H and O–H groups in total. The number of nitrogens with two attached hydrogens (primary N) is 1. The van der Waals surface area contributed by atoms with Gasteiger partial charge < -0.3 is 11.1 Å². The number of amides is 2. The second-order valence-corrected chi connectivity index (χ2v) is 5.82. The van der Waals surface area contributed by atoms with Gasteiger partial charge in [-0.2, -0.15) is 11.3 Å². The molecule has 1 atom stereocenters. The summed E-state index contributed by atoms with van der Waals surface area (Å²) in [4.78, 5) is 23.3. The maximum absolute atomic E-state index is 12.9. The molecule has 0 saturated carbocycles. The van der Waals surface area contributed by atoms with Crippen LogP contribution < -0.4 is 11.1 Å². The first-order chi connectivity index (χ1) is 10.5. The van der Waals surface area contributed by atoms with Crippen molar-refractivity contribution in [2.45, 2.75) is 12.8 Å². The Morgan fingerprint density at radius 2 is 1.91 bits per heavy atom. The smallest absolute Gasteiger partial charge is 0.224 e. The van der Waals surface area contributed by atoms with Crippen LogP contribution in [-0.4, -0.2) is 18.4 Å². The van der Waals surface area contributed by atoms with Gasteiger partial charge in [-0.05, 0) is 46.5 Å². The fourth-order valence-electron chi connectivity index (χ4n) is 2.06. The first-order valence-electron chi connectivity index (χ1n) is 6.86. The van der Waals surface area contributed by atoms with E-state index in [2.05, 4.69) is 5.32 Å². The van der Waals surface area contributed by atoms with Gasteiger partial charge in [0.1, 0.15) is 5.82 Å². The zero-order chi connectivity index (χ0) is 15.9. The lowest BCUT2D eigenvalue weighted by molar-refractivity contribution is -0.123. The first kappa shape index (κ1) is 16.2. The Morgan fingerprint density at radius 3 is 2.50 bits per heavy atom. The third kappa shape index (κ3) is 4.96. The van der Waals surface area contributed by atoms with Crippen molar-refractivity contribution < 1.29 is 14.0 Å². The summed E-state index contributed by atoms with van der Waals surface area (Å²) in [6.07, 6.45) is 0.653. The predicted molar refractivity (Wildman–Crippen MR) is 83.8 cm³/mol. The van der Waals surface area contributed by atoms with Gasteiger partial charge in [-0.15, -0.1) is 0 Å². The number of carbonyl (C=O) groups is 2. The number of primary amides is 1. The van der Waals surface area contributed by atoms with E-state index >= 15 is 0 Å². The molecule has 0 aliphatic carbocycles. The summed E-state index contributed by atoms with van der Waals surface area (Å²) in [5, 5.41) is 6.54. The van der Waals surface area contributed by atoms with E-state index in [0.717, 1.165) is 11.1 Å². The monoisotopic (exact) mass is 320 g/mol. The van der Waals surface area contributed by atoms with Crippen LogP contribution in [0.3, 0.4) is 0 Å². The van der Waals surface area contributed by atoms with Crippen molar-refractivity contribution in [3.63, 3.8) is 0 Å². The lowest BCUT2D eigenvalue weighted by atomic mass is 9.98. The van der Waals surface area contributed by atoms with E-state index in [1.54, 1.807) is 12.1 Å². The second kappa shape index (κ2) is 7.70. The Balaban J connectivity index is 1.87. The van der Waals surface area contributed by atoms with Crippen molar-refractivity contribution in [2.24, 2.45) is 11.7 Å². The average molecular weight is 320 g/mol. The number of nitrogens with one attached hydrogen (secondary N) is 1. The number of carbonyl (C=O) groups excluding carboxylic acids is 2. The van der Waals surface area contributed by atoms with Gasteiger partial charge in [0.2, 0.25) is 11.8 Å². The highest BCUT2D eigenvalue weighted by atomic mass is 32.1. The highest BCUT2D eigenvalue weighted by Gasteiger charge is 2.17. The van der Waals surface area contributed by atoms with E-state index < -0.39 is 11.8 Å². The molecule has 0 radical (unpaired) electrons. The summed E-state index contributed by atoms with van der Waals surface area (Å²) < 4.78 is 12.9. The SMILES string of the molecule is NC(=O)[C@H](CNC(=O)Cc1ccsc1)Cc1ccc(F)cc1. The number of thiophene rings is 1. The minimum Gasteiger partial charge on any atom is -0.369 e. The molecule has 116 valence electrons. The van der Waals surface area contributed by atoms with Crippen LogP contribution in [0, 0.1) is 11.7 Å². The molecule has 0 spiro atoms. The van der Waals surface area contributed by atoms with Gasteiger partial charge in [-0.25, -0.2) is 4.39 Å². The maximum atomic E-state index is 12.9. The summed E-state index contributed by atoms with van der Waals surface area (Å²) >= 11 is 1.53. The van der Waals surface area contributed by atoms with Crippen LogP contribution in [0.2, 0.25) is 0 Å². The van der Waals surface area contributed by atoms with Gasteiger partial charge in [0.15, 0.2) is 0 Å². The van der Waals surface area contributed by atoms with Crippen molar-refractivity contribution in [1.82, 2.24) is 5.32 Å². The molecule has 0 saturated heterocycles. The largest absolute Gasteiger partial charge is 0.369 e. The topological polar surface area (TPSA) is 72.2 Å². The van der Waals surface area contributed by atoms with Crippen LogP contribution in [-0.2, 0) is 22.4 Å². The Labute approximate surface area is 132 Å². The lowest BCUT2D eigenvalue weighted by Gasteiger charge is -2.14. The van der Waals surface area contributed by atoms with Gasteiger partial charge in [0.05, 0.1) is 12.3 Å². The van der Waals surface area contributed by atoms with E-state index in [1.807, 2.05) is 16.8 Å². The minimum atomic E-state index is -0.517. The molecule has 22 heavy (non-hydrogen) atoms. The minimum absolute atomic E-state index is 0.149. The van der Waals surface area contributed by atoms with Gasteiger partial charge >= 0.3 is 0 Å². The van der Waals surface area contributed by atoms with E-state index in [9.17, 15) is 14.0 Å². The molecular weight excluding hydrogens is 303 g/mol. The number of hydrogen-bond donors (Lipinski definition) is 2. The molecule has 0 aliphatic heterocycles. The number of benzene rings is 1. The van der Waals surface area contributed by atoms with Crippen LogP contribution in [0.25, 0.3) is 0 Å². The Morgan fingerprint density at radius 1 is 1.18 bits per heavy atom. The van der Waals surface area contributed by atoms with Crippen LogP contribution in [0.15, 0.2) is 41.1 Å². The molecule has 6 heteroatoms. The predicted octanol–water partition coefficient (Wildman–Crippen LogP) is 1.89. The standard InChI is InChI=1S/C16H17FN2O2S/c17-14-3-1-11(2-4-14)7-13(16(18)21)9-19-15(20)8-12-5-6-22-10-12/h1-6,10,13H,7-9H2,(H2,18,21)(H,19,20)/t13-/m0/s1. The van der Waals surface area contributed by atoms with Crippen LogP contribution in [0.1, 0.15) is 11.1 Å². The highest BCUT2D eigenvalue weighted by molar-refractivity contribution is 7.07. The zero-order valence-electron chi connectivity index (χ0n) is 11.9. The zero-order valence-corrected chi connectivity index (χ0v) is 12.7. The Hall–Kier alpha value is -2.21. The van der Waals surface area contributed by atoms with Crippen molar-refractivity contribution in [1.29, 1.82) is 0 Å². The normalized spacial score (nSPS) is 11.9. The van der Waals surface area contributed by atoms with Crippen molar-refractivity contribution in [3.05, 3.63) is 58.0 Å². The highest BCUT2D eigenvalue weighted by Crippen LogP contribution is 2.10. The molecule has 1 aromatic heterocycles. The van der Waals surface area contributed by atoms with Crippen LogP contribution in [0.4, 0.5) is 4.39 Å². The van der Waals surface area contributed by atoms with E-state index in [0.29, 0.717) is 6.42 Å². The molecule has 0 unspecified atom stereocenters. The molecule has 0 aliphatic rings. The molecule has 2 aromatic rings. The maximum Gasteiger partial charge on any atom is 0.224 e. The van der Waals surface area contributed by atoms with E-state index in [4.69, 9.17) is 5.73 Å². The van der Waals surface area contributed by atoms with Crippen molar-refractivity contribution >= 4 is 23.2 Å². The summed E-state index contributed by atoms with van der Waals surface area (Å²) in [5.41, 5.74) is 7.12.